The number of hydrogen-bond acceptors (Lipinski definition) is 2. The molecule has 1 N–H and O–H groups in total. The highest BCUT2D eigenvalue weighted by Crippen LogP contribution is 2.22. The second-order valence-electron chi connectivity index (χ2n) is 3.70. The molecule has 1 fully saturated rings. The van der Waals surface area contributed by atoms with Crippen molar-refractivity contribution in [2.24, 2.45) is 5.92 Å². The van der Waals surface area contributed by atoms with Crippen molar-refractivity contribution < 1.29 is 5.21 Å². The summed E-state index contributed by atoms with van der Waals surface area (Å²) in [7, 11) is 1.74. The molecule has 0 spiro atoms. The molecule has 0 atom stereocenters. The van der Waals surface area contributed by atoms with Crippen LogP contribution < -0.4 is 0 Å². The predicted octanol–water partition coefficient (Wildman–Crippen LogP) is 2.28. The van der Waals surface area contributed by atoms with Gasteiger partial charge in [0.05, 0.1) is 0 Å². The first-order valence-corrected chi connectivity index (χ1v) is 4.69. The van der Waals surface area contributed by atoms with Crippen molar-refractivity contribution in [2.75, 3.05) is 13.6 Å². The average molecular weight is 157 g/mol. The van der Waals surface area contributed by atoms with Gasteiger partial charge in [-0.2, -0.15) is 5.06 Å². The maximum Gasteiger partial charge on any atom is 0.0263 e. The molecule has 1 aliphatic rings. The highest BCUT2D eigenvalue weighted by atomic mass is 16.5. The number of hydrogen-bond donors (Lipinski definition) is 1. The lowest BCUT2D eigenvalue weighted by Gasteiger charge is -2.17. The van der Waals surface area contributed by atoms with E-state index in [1.54, 1.807) is 7.05 Å². The van der Waals surface area contributed by atoms with E-state index in [1.807, 2.05) is 0 Å². The van der Waals surface area contributed by atoms with Crippen LogP contribution in [0.4, 0.5) is 0 Å². The second kappa shape index (κ2) is 4.73. The summed E-state index contributed by atoms with van der Waals surface area (Å²) in [5.41, 5.74) is 0. The van der Waals surface area contributed by atoms with Gasteiger partial charge in [0.15, 0.2) is 0 Å². The Labute approximate surface area is 69.2 Å². The van der Waals surface area contributed by atoms with Gasteiger partial charge in [0, 0.05) is 13.6 Å². The van der Waals surface area contributed by atoms with Gasteiger partial charge in [-0.25, -0.2) is 0 Å². The molecule has 1 rings (SSSR count). The van der Waals surface area contributed by atoms with Crippen LogP contribution in [-0.2, 0) is 0 Å². The Bertz CT molecular complexity index is 95.7. The Morgan fingerprint density at radius 3 is 2.18 bits per heavy atom. The lowest BCUT2D eigenvalue weighted by Crippen LogP contribution is -2.21. The number of hydroxylamine groups is 2. The van der Waals surface area contributed by atoms with Crippen LogP contribution >= 0.6 is 0 Å². The summed E-state index contributed by atoms with van der Waals surface area (Å²) in [6.45, 7) is 0.861. The first-order chi connectivity index (χ1) is 5.29. The van der Waals surface area contributed by atoms with E-state index in [2.05, 4.69) is 0 Å². The molecule has 0 unspecified atom stereocenters. The van der Waals surface area contributed by atoms with E-state index in [0.29, 0.717) is 0 Å². The van der Waals surface area contributed by atoms with Gasteiger partial charge in [0.25, 0.3) is 0 Å². The van der Waals surface area contributed by atoms with Crippen molar-refractivity contribution in [3.05, 3.63) is 0 Å². The summed E-state index contributed by atoms with van der Waals surface area (Å²) in [5.74, 6) is 0.743. The minimum atomic E-state index is 0.743. The zero-order chi connectivity index (χ0) is 8.10. The Balaban J connectivity index is 2.20. The van der Waals surface area contributed by atoms with Gasteiger partial charge < -0.3 is 5.21 Å². The van der Waals surface area contributed by atoms with Crippen LogP contribution in [-0.4, -0.2) is 23.9 Å². The van der Waals surface area contributed by atoms with Crippen LogP contribution in [0.2, 0.25) is 0 Å². The van der Waals surface area contributed by atoms with E-state index in [0.717, 1.165) is 12.5 Å². The molecule has 0 aromatic rings. The normalized spacial score (nSPS) is 22.1. The van der Waals surface area contributed by atoms with E-state index in [9.17, 15) is 0 Å². The highest BCUT2D eigenvalue weighted by molar-refractivity contribution is 4.65. The standard InChI is InChI=1S/C9H19NO/c1-10(11)8-9-6-4-2-3-5-7-9/h9,11H,2-8H2,1H3. The Morgan fingerprint density at radius 2 is 1.73 bits per heavy atom. The van der Waals surface area contributed by atoms with Gasteiger partial charge in [0.1, 0.15) is 0 Å². The molecule has 0 saturated heterocycles. The van der Waals surface area contributed by atoms with Crippen molar-refractivity contribution >= 4 is 0 Å². The zero-order valence-electron chi connectivity index (χ0n) is 7.42. The van der Waals surface area contributed by atoms with Crippen LogP contribution in [0.15, 0.2) is 0 Å². The minimum absolute atomic E-state index is 0.743. The van der Waals surface area contributed by atoms with Gasteiger partial charge in [-0.05, 0) is 18.8 Å². The van der Waals surface area contributed by atoms with E-state index in [1.165, 1.54) is 43.6 Å². The largest absolute Gasteiger partial charge is 0.314 e. The molecular formula is C9H19NO. The first-order valence-electron chi connectivity index (χ1n) is 4.69. The first kappa shape index (κ1) is 9.01. The molecule has 0 amide bonds. The van der Waals surface area contributed by atoms with Gasteiger partial charge in [-0.3, -0.25) is 0 Å². The van der Waals surface area contributed by atoms with Gasteiger partial charge in [0.2, 0.25) is 0 Å². The molecule has 0 bridgehead atoms. The maximum absolute atomic E-state index is 9.03. The Morgan fingerprint density at radius 1 is 1.18 bits per heavy atom. The van der Waals surface area contributed by atoms with E-state index in [4.69, 9.17) is 5.21 Å². The molecule has 0 heterocycles. The molecule has 2 heteroatoms. The van der Waals surface area contributed by atoms with Gasteiger partial charge in [-0.1, -0.05) is 25.7 Å². The molecule has 2 nitrogen and oxygen atoms in total. The van der Waals surface area contributed by atoms with E-state index < -0.39 is 0 Å². The van der Waals surface area contributed by atoms with Crippen LogP contribution in [0.3, 0.4) is 0 Å². The summed E-state index contributed by atoms with van der Waals surface area (Å²) < 4.78 is 0. The summed E-state index contributed by atoms with van der Waals surface area (Å²) in [6.07, 6.45) is 8.13. The minimum Gasteiger partial charge on any atom is -0.314 e. The number of rotatable bonds is 2. The van der Waals surface area contributed by atoms with Crippen molar-refractivity contribution in [2.45, 2.75) is 38.5 Å². The van der Waals surface area contributed by atoms with Crippen molar-refractivity contribution in [1.82, 2.24) is 5.06 Å². The van der Waals surface area contributed by atoms with Crippen LogP contribution in [0, 0.1) is 5.92 Å². The van der Waals surface area contributed by atoms with Crippen LogP contribution in [0.5, 0.6) is 0 Å². The highest BCUT2D eigenvalue weighted by Gasteiger charge is 2.12. The lowest BCUT2D eigenvalue weighted by atomic mass is 10.0. The smallest absolute Gasteiger partial charge is 0.0263 e. The quantitative estimate of drug-likeness (QED) is 0.491. The average Bonchev–Trinajstić information content (AvgIpc) is 2.14. The van der Waals surface area contributed by atoms with Gasteiger partial charge >= 0.3 is 0 Å². The summed E-state index contributed by atoms with van der Waals surface area (Å²) >= 11 is 0. The maximum atomic E-state index is 9.03. The Kier molecular flexibility index (Phi) is 3.87. The third kappa shape index (κ3) is 3.73. The van der Waals surface area contributed by atoms with E-state index >= 15 is 0 Å². The molecule has 0 aromatic carbocycles. The molecule has 0 aliphatic heterocycles. The topological polar surface area (TPSA) is 23.5 Å². The molecule has 1 saturated carbocycles. The van der Waals surface area contributed by atoms with Crippen LogP contribution in [0.25, 0.3) is 0 Å². The van der Waals surface area contributed by atoms with Gasteiger partial charge in [-0.15, -0.1) is 0 Å². The van der Waals surface area contributed by atoms with Crippen LogP contribution in [0.1, 0.15) is 38.5 Å². The Hall–Kier alpha value is -0.0800. The third-order valence-corrected chi connectivity index (χ3v) is 2.50. The van der Waals surface area contributed by atoms with Crippen molar-refractivity contribution in [3.8, 4) is 0 Å². The third-order valence-electron chi connectivity index (χ3n) is 2.50. The molecule has 11 heavy (non-hydrogen) atoms. The number of nitrogens with zero attached hydrogens (tertiary/aromatic N) is 1. The van der Waals surface area contributed by atoms with Crippen molar-refractivity contribution in [3.63, 3.8) is 0 Å². The molecule has 0 radical (unpaired) electrons. The second-order valence-corrected chi connectivity index (χ2v) is 3.70. The molecular weight excluding hydrogens is 138 g/mol. The predicted molar refractivity (Wildman–Crippen MR) is 45.6 cm³/mol. The fourth-order valence-corrected chi connectivity index (χ4v) is 1.92. The summed E-state index contributed by atoms with van der Waals surface area (Å²) in [6, 6.07) is 0. The van der Waals surface area contributed by atoms with E-state index in [-0.39, 0.29) is 0 Å². The molecule has 0 aromatic heterocycles. The zero-order valence-corrected chi connectivity index (χ0v) is 7.42. The molecule has 66 valence electrons. The summed E-state index contributed by atoms with van der Waals surface area (Å²) in [5, 5.41) is 10.4. The SMILES string of the molecule is CN(O)CC1CCCCCC1. The summed E-state index contributed by atoms with van der Waals surface area (Å²) in [4.78, 5) is 0. The monoisotopic (exact) mass is 157 g/mol. The molecule has 1 aliphatic carbocycles. The fraction of sp³-hybridized carbons (Fsp3) is 1.00. The van der Waals surface area contributed by atoms with Crippen molar-refractivity contribution in [1.29, 1.82) is 0 Å². The lowest BCUT2D eigenvalue weighted by molar-refractivity contribution is -0.0772. The fourth-order valence-electron chi connectivity index (χ4n) is 1.92.